The van der Waals surface area contributed by atoms with Gasteiger partial charge >= 0.3 is 0 Å². The van der Waals surface area contributed by atoms with Crippen LogP contribution in [0, 0.1) is 12.7 Å². The highest BCUT2D eigenvalue weighted by molar-refractivity contribution is 6.05. The molecule has 2 N–H and O–H groups in total. The van der Waals surface area contributed by atoms with Gasteiger partial charge in [0.05, 0.1) is 24.6 Å². The molecule has 0 bridgehead atoms. The fraction of sp³-hybridized carbons (Fsp3) is 0.278. The third-order valence-corrected chi connectivity index (χ3v) is 3.96. The van der Waals surface area contributed by atoms with Crippen LogP contribution >= 0.6 is 0 Å². The summed E-state index contributed by atoms with van der Waals surface area (Å²) in [7, 11) is 0. The molecule has 2 aromatic rings. The molecule has 1 amide bonds. The van der Waals surface area contributed by atoms with Crippen LogP contribution in [0.3, 0.4) is 0 Å². The fourth-order valence-electron chi connectivity index (χ4n) is 2.65. The van der Waals surface area contributed by atoms with Gasteiger partial charge < -0.3 is 20.1 Å². The Balaban J connectivity index is 1.76. The Bertz CT molecular complexity index is 758. The van der Waals surface area contributed by atoms with Crippen LogP contribution in [-0.4, -0.2) is 37.3 Å². The van der Waals surface area contributed by atoms with Crippen LogP contribution in [0.4, 0.5) is 15.8 Å². The number of halogens is 1. The molecule has 1 saturated heterocycles. The first-order valence-electron chi connectivity index (χ1n) is 7.78. The predicted molar refractivity (Wildman–Crippen MR) is 90.2 cm³/mol. The zero-order valence-corrected chi connectivity index (χ0v) is 13.4. The van der Waals surface area contributed by atoms with Crippen LogP contribution in [0.2, 0.25) is 0 Å². The minimum absolute atomic E-state index is 0.0197. The van der Waals surface area contributed by atoms with Gasteiger partial charge in [0.2, 0.25) is 0 Å². The number of ether oxygens (including phenoxy) is 1. The van der Waals surface area contributed by atoms with Gasteiger partial charge in [0.25, 0.3) is 5.91 Å². The number of morpholine rings is 1. The van der Waals surface area contributed by atoms with Crippen molar-refractivity contribution in [2.24, 2.45) is 0 Å². The van der Waals surface area contributed by atoms with Gasteiger partial charge in [0, 0.05) is 18.7 Å². The second-order valence-electron chi connectivity index (χ2n) is 5.74. The molecule has 1 fully saturated rings. The van der Waals surface area contributed by atoms with Gasteiger partial charge in [0.15, 0.2) is 0 Å². The first-order chi connectivity index (χ1) is 11.5. The molecular weight excluding hydrogens is 311 g/mol. The highest BCUT2D eigenvalue weighted by Crippen LogP contribution is 2.26. The van der Waals surface area contributed by atoms with Gasteiger partial charge in [-0.3, -0.25) is 4.79 Å². The molecule has 1 aliphatic heterocycles. The molecule has 126 valence electrons. The van der Waals surface area contributed by atoms with Crippen molar-refractivity contribution in [3.05, 3.63) is 53.3 Å². The van der Waals surface area contributed by atoms with Crippen LogP contribution in [0.5, 0.6) is 5.75 Å². The molecule has 6 heteroatoms. The van der Waals surface area contributed by atoms with Gasteiger partial charge in [-0.25, -0.2) is 4.39 Å². The quantitative estimate of drug-likeness (QED) is 0.850. The maximum atomic E-state index is 14.4. The van der Waals surface area contributed by atoms with Gasteiger partial charge in [-0.15, -0.1) is 0 Å². The van der Waals surface area contributed by atoms with Crippen molar-refractivity contribution in [3.8, 4) is 5.75 Å². The number of aryl methyl sites for hydroxylation is 1. The zero-order chi connectivity index (χ0) is 17.1. The highest BCUT2D eigenvalue weighted by Gasteiger charge is 2.17. The molecule has 0 spiro atoms. The average molecular weight is 330 g/mol. The molecule has 0 saturated carbocycles. The second kappa shape index (κ2) is 6.88. The number of nitrogens with one attached hydrogen (secondary N) is 1. The predicted octanol–water partition coefficient (Wildman–Crippen LogP) is 2.93. The van der Waals surface area contributed by atoms with Crippen molar-refractivity contribution < 1.29 is 19.0 Å². The number of carbonyl (C=O) groups excluding carboxylic acids is 1. The van der Waals surface area contributed by atoms with E-state index in [-0.39, 0.29) is 11.3 Å². The summed E-state index contributed by atoms with van der Waals surface area (Å²) in [6.07, 6.45) is 0. The lowest BCUT2D eigenvalue weighted by Gasteiger charge is -2.29. The SMILES string of the molecule is Cc1ccc(NC(=O)c2ccc(N3CCOCC3)c(F)c2)c(O)c1. The van der Waals surface area contributed by atoms with Gasteiger partial charge in [0.1, 0.15) is 11.6 Å². The molecule has 5 nitrogen and oxygen atoms in total. The minimum Gasteiger partial charge on any atom is -0.506 e. The van der Waals surface area contributed by atoms with E-state index < -0.39 is 11.7 Å². The third-order valence-electron chi connectivity index (χ3n) is 3.96. The number of rotatable bonds is 3. The lowest BCUT2D eigenvalue weighted by atomic mass is 10.1. The summed E-state index contributed by atoms with van der Waals surface area (Å²) in [5, 5.41) is 12.4. The van der Waals surface area contributed by atoms with Crippen molar-refractivity contribution in [1.82, 2.24) is 0 Å². The lowest BCUT2D eigenvalue weighted by Crippen LogP contribution is -2.36. The molecule has 0 atom stereocenters. The highest BCUT2D eigenvalue weighted by atomic mass is 19.1. The Morgan fingerprint density at radius 3 is 2.62 bits per heavy atom. The van der Waals surface area contributed by atoms with Crippen molar-refractivity contribution in [2.45, 2.75) is 6.92 Å². The molecule has 3 rings (SSSR count). The standard InChI is InChI=1S/C18H19FN2O3/c1-12-2-4-15(17(22)10-12)20-18(23)13-3-5-16(14(19)11-13)21-6-8-24-9-7-21/h2-5,10-11,22H,6-9H2,1H3,(H,20,23). The van der Waals surface area contributed by atoms with Crippen LogP contribution < -0.4 is 10.2 Å². The summed E-state index contributed by atoms with van der Waals surface area (Å²) >= 11 is 0. The number of anilines is 2. The molecule has 0 aliphatic carbocycles. The monoisotopic (exact) mass is 330 g/mol. The third kappa shape index (κ3) is 3.49. The van der Waals surface area contributed by atoms with E-state index in [0.717, 1.165) is 5.56 Å². The zero-order valence-electron chi connectivity index (χ0n) is 13.4. The average Bonchev–Trinajstić information content (AvgIpc) is 2.58. The molecule has 2 aromatic carbocycles. The van der Waals surface area contributed by atoms with Crippen molar-refractivity contribution >= 4 is 17.3 Å². The van der Waals surface area contributed by atoms with Gasteiger partial charge in [-0.05, 0) is 42.8 Å². The first kappa shape index (κ1) is 16.3. The van der Waals surface area contributed by atoms with Gasteiger partial charge in [-0.1, -0.05) is 6.07 Å². The fourth-order valence-corrected chi connectivity index (χ4v) is 2.65. The van der Waals surface area contributed by atoms with E-state index in [0.29, 0.717) is 37.7 Å². The van der Waals surface area contributed by atoms with E-state index in [4.69, 9.17) is 4.74 Å². The largest absolute Gasteiger partial charge is 0.506 e. The van der Waals surface area contributed by atoms with Crippen LogP contribution in [-0.2, 0) is 4.74 Å². The Kier molecular flexibility index (Phi) is 4.66. The molecular formula is C18H19FN2O3. The minimum atomic E-state index is -0.471. The number of phenols is 1. The van der Waals surface area contributed by atoms with E-state index in [9.17, 15) is 14.3 Å². The van der Waals surface area contributed by atoms with Crippen molar-refractivity contribution in [1.29, 1.82) is 0 Å². The number of hydrogen-bond acceptors (Lipinski definition) is 4. The van der Waals surface area contributed by atoms with Gasteiger partial charge in [-0.2, -0.15) is 0 Å². The summed E-state index contributed by atoms with van der Waals surface area (Å²) in [4.78, 5) is 14.2. The second-order valence-corrected chi connectivity index (χ2v) is 5.74. The maximum Gasteiger partial charge on any atom is 0.255 e. The van der Waals surface area contributed by atoms with E-state index in [2.05, 4.69) is 5.32 Å². The van der Waals surface area contributed by atoms with E-state index in [1.54, 1.807) is 30.3 Å². The van der Waals surface area contributed by atoms with Crippen molar-refractivity contribution in [2.75, 3.05) is 36.5 Å². The number of aromatic hydroxyl groups is 1. The topological polar surface area (TPSA) is 61.8 Å². The lowest BCUT2D eigenvalue weighted by molar-refractivity contribution is 0.102. The van der Waals surface area contributed by atoms with E-state index in [1.807, 2.05) is 11.8 Å². The molecule has 1 aliphatic rings. The number of nitrogens with zero attached hydrogens (tertiary/aromatic N) is 1. The number of amides is 1. The Labute approximate surface area is 139 Å². The van der Waals surface area contributed by atoms with Crippen LogP contribution in [0.25, 0.3) is 0 Å². The summed E-state index contributed by atoms with van der Waals surface area (Å²) in [6.45, 7) is 4.22. The number of phenolic OH excluding ortho intramolecular Hbond substituents is 1. The Hall–Kier alpha value is -2.60. The first-order valence-corrected chi connectivity index (χ1v) is 7.78. The summed E-state index contributed by atoms with van der Waals surface area (Å²) < 4.78 is 19.6. The Morgan fingerprint density at radius 2 is 1.96 bits per heavy atom. The summed E-state index contributed by atoms with van der Waals surface area (Å²) in [5.74, 6) is -0.937. The van der Waals surface area contributed by atoms with E-state index >= 15 is 0 Å². The molecule has 0 radical (unpaired) electrons. The Morgan fingerprint density at radius 1 is 1.21 bits per heavy atom. The normalized spacial score (nSPS) is 14.5. The molecule has 1 heterocycles. The maximum absolute atomic E-state index is 14.4. The van der Waals surface area contributed by atoms with Crippen molar-refractivity contribution in [3.63, 3.8) is 0 Å². The van der Waals surface area contributed by atoms with Crippen LogP contribution in [0.15, 0.2) is 36.4 Å². The molecule has 24 heavy (non-hydrogen) atoms. The van der Waals surface area contributed by atoms with Crippen LogP contribution in [0.1, 0.15) is 15.9 Å². The smallest absolute Gasteiger partial charge is 0.255 e. The number of carbonyl (C=O) groups is 1. The molecule has 0 aromatic heterocycles. The van der Waals surface area contributed by atoms with E-state index in [1.165, 1.54) is 6.07 Å². The summed E-state index contributed by atoms with van der Waals surface area (Å²) in [5.41, 5.74) is 1.84. The number of benzene rings is 2. The number of hydrogen-bond donors (Lipinski definition) is 2. The molecule has 0 unspecified atom stereocenters. The summed E-state index contributed by atoms with van der Waals surface area (Å²) in [6, 6.07) is 9.33.